The minimum atomic E-state index is -0.863. The van der Waals surface area contributed by atoms with Crippen LogP contribution in [0.15, 0.2) is 93.4 Å². The molecule has 0 aliphatic carbocycles. The molecule has 1 atom stereocenters. The number of nitrogens with one attached hydrogen (secondary N) is 2. The van der Waals surface area contributed by atoms with Crippen molar-refractivity contribution < 1.29 is 18.7 Å². The Kier molecular flexibility index (Phi) is 8.40. The molecule has 0 radical (unpaired) electrons. The molecule has 1 aromatic heterocycles. The number of aromatic nitrogens is 1. The van der Waals surface area contributed by atoms with Crippen LogP contribution < -0.4 is 16.2 Å². The first-order chi connectivity index (χ1) is 18.5. The van der Waals surface area contributed by atoms with Crippen LogP contribution in [0, 0.1) is 5.82 Å². The fourth-order valence-corrected chi connectivity index (χ4v) is 4.92. The largest absolute Gasteiger partial charge is 0.444 e. The van der Waals surface area contributed by atoms with Crippen molar-refractivity contribution in [2.75, 3.05) is 5.32 Å². The maximum absolute atomic E-state index is 14.0. The van der Waals surface area contributed by atoms with Crippen molar-refractivity contribution in [3.63, 3.8) is 0 Å². The highest BCUT2D eigenvalue weighted by molar-refractivity contribution is 7.99. The summed E-state index contributed by atoms with van der Waals surface area (Å²) >= 11 is 1.33. The Hall–Kier alpha value is -4.11. The molecule has 9 heteroatoms. The average molecular weight is 548 g/mol. The number of carbonyl (C=O) groups is 2. The molecule has 7 nitrogen and oxygen atoms in total. The summed E-state index contributed by atoms with van der Waals surface area (Å²) in [4.78, 5) is 39.5. The van der Waals surface area contributed by atoms with Gasteiger partial charge in [0.05, 0.1) is 5.52 Å². The average Bonchev–Trinajstić information content (AvgIpc) is 2.87. The molecule has 0 saturated heterocycles. The van der Waals surface area contributed by atoms with Crippen molar-refractivity contribution >= 4 is 40.4 Å². The number of halogens is 1. The van der Waals surface area contributed by atoms with Crippen LogP contribution in [0.25, 0.3) is 10.9 Å². The molecule has 2 amide bonds. The lowest BCUT2D eigenvalue weighted by Gasteiger charge is -2.23. The molecule has 202 valence electrons. The third kappa shape index (κ3) is 7.48. The van der Waals surface area contributed by atoms with Gasteiger partial charge in [-0.15, -0.1) is 0 Å². The van der Waals surface area contributed by atoms with E-state index in [0.29, 0.717) is 21.5 Å². The molecule has 4 aromatic rings. The van der Waals surface area contributed by atoms with E-state index >= 15 is 0 Å². The molecule has 0 bridgehead atoms. The zero-order chi connectivity index (χ0) is 28.2. The molecule has 0 spiro atoms. The Labute approximate surface area is 230 Å². The second kappa shape index (κ2) is 11.7. The number of benzene rings is 3. The molecule has 4 rings (SSSR count). The number of hydrogen-bond donors (Lipinski definition) is 2. The standard InChI is InChI=1S/C30H30FN3O4S/c1-30(2,3)38-29(37)33-24(16-19-8-6-5-7-9-19)28(36)32-21-11-13-22(14-12-21)39-26-18-27(35)34(4)25-15-10-20(31)17-23(25)26/h5-15,17-18,24H,16H2,1-4H3,(H,32,36)(H,33,37)/t24-/m0/s1. The van der Waals surface area contributed by atoms with E-state index in [9.17, 15) is 18.8 Å². The first kappa shape index (κ1) is 27.9. The minimum absolute atomic E-state index is 0.192. The van der Waals surface area contributed by atoms with Gasteiger partial charge in [0.15, 0.2) is 0 Å². The molecular formula is C30H30FN3O4S. The van der Waals surface area contributed by atoms with Gasteiger partial charge in [-0.1, -0.05) is 42.1 Å². The summed E-state index contributed by atoms with van der Waals surface area (Å²) in [6.07, 6.45) is -0.394. The first-order valence-corrected chi connectivity index (χ1v) is 13.2. The molecule has 0 fully saturated rings. The molecular weight excluding hydrogens is 517 g/mol. The zero-order valence-electron chi connectivity index (χ0n) is 22.2. The number of amides is 2. The summed E-state index contributed by atoms with van der Waals surface area (Å²) in [6, 6.07) is 21.4. The lowest BCUT2D eigenvalue weighted by atomic mass is 10.1. The number of aryl methyl sites for hydroxylation is 1. The topological polar surface area (TPSA) is 89.4 Å². The summed E-state index contributed by atoms with van der Waals surface area (Å²) in [6.45, 7) is 5.26. The van der Waals surface area contributed by atoms with Gasteiger partial charge in [0.25, 0.3) is 5.56 Å². The van der Waals surface area contributed by atoms with E-state index in [-0.39, 0.29) is 17.8 Å². The van der Waals surface area contributed by atoms with Gasteiger partial charge in [-0.25, -0.2) is 9.18 Å². The molecule has 2 N–H and O–H groups in total. The SMILES string of the molecule is Cn1c(=O)cc(Sc2ccc(NC(=O)[C@H](Cc3ccccc3)NC(=O)OC(C)(C)C)cc2)c2cc(F)ccc21. The first-order valence-electron chi connectivity index (χ1n) is 12.4. The number of ether oxygens (including phenoxy) is 1. The van der Waals surface area contributed by atoms with Gasteiger partial charge in [-0.05, 0) is 68.8 Å². The highest BCUT2D eigenvalue weighted by Crippen LogP contribution is 2.33. The minimum Gasteiger partial charge on any atom is -0.444 e. The van der Waals surface area contributed by atoms with Gasteiger partial charge in [-0.2, -0.15) is 0 Å². The van der Waals surface area contributed by atoms with Crippen LogP contribution in [0.3, 0.4) is 0 Å². The quantitative estimate of drug-likeness (QED) is 0.301. The van der Waals surface area contributed by atoms with Gasteiger partial charge < -0.3 is 19.9 Å². The van der Waals surface area contributed by atoms with Crippen LogP contribution in [0.4, 0.5) is 14.9 Å². The smallest absolute Gasteiger partial charge is 0.408 e. The van der Waals surface area contributed by atoms with Gasteiger partial charge in [-0.3, -0.25) is 9.59 Å². The van der Waals surface area contributed by atoms with Gasteiger partial charge in [0.1, 0.15) is 17.5 Å². The zero-order valence-corrected chi connectivity index (χ0v) is 23.0. The number of alkyl carbamates (subject to hydrolysis) is 1. The lowest BCUT2D eigenvalue weighted by Crippen LogP contribution is -2.47. The number of rotatable bonds is 7. The Morgan fingerprint density at radius 1 is 1.00 bits per heavy atom. The maximum atomic E-state index is 14.0. The van der Waals surface area contributed by atoms with E-state index in [1.54, 1.807) is 58.2 Å². The van der Waals surface area contributed by atoms with Crippen LogP contribution in [0.5, 0.6) is 0 Å². The van der Waals surface area contributed by atoms with Crippen molar-refractivity contribution in [3.8, 4) is 0 Å². The summed E-state index contributed by atoms with van der Waals surface area (Å²) in [5.41, 5.74) is 1.16. The number of fused-ring (bicyclic) bond motifs is 1. The lowest BCUT2D eigenvalue weighted by molar-refractivity contribution is -0.118. The number of pyridine rings is 1. The molecule has 1 heterocycles. The summed E-state index contributed by atoms with van der Waals surface area (Å²) in [5, 5.41) is 6.17. The van der Waals surface area contributed by atoms with Crippen molar-refractivity contribution in [3.05, 3.63) is 101 Å². The molecule has 0 unspecified atom stereocenters. The summed E-state index contributed by atoms with van der Waals surface area (Å²) in [5.74, 6) is -0.774. The second-order valence-corrected chi connectivity index (χ2v) is 11.2. The number of hydrogen-bond acceptors (Lipinski definition) is 5. The van der Waals surface area contributed by atoms with Crippen molar-refractivity contribution in [1.29, 1.82) is 0 Å². The Morgan fingerprint density at radius 2 is 1.69 bits per heavy atom. The highest BCUT2D eigenvalue weighted by Gasteiger charge is 2.25. The molecule has 0 saturated carbocycles. The Balaban J connectivity index is 1.50. The molecule has 0 aliphatic rings. The van der Waals surface area contributed by atoms with E-state index in [4.69, 9.17) is 4.74 Å². The monoisotopic (exact) mass is 547 g/mol. The van der Waals surface area contributed by atoms with E-state index in [2.05, 4.69) is 10.6 Å². The number of nitrogens with zero attached hydrogens (tertiary/aromatic N) is 1. The van der Waals surface area contributed by atoms with Crippen molar-refractivity contribution in [2.45, 2.75) is 48.6 Å². The van der Waals surface area contributed by atoms with Gasteiger partial charge >= 0.3 is 6.09 Å². The van der Waals surface area contributed by atoms with Crippen molar-refractivity contribution in [1.82, 2.24) is 9.88 Å². The fourth-order valence-electron chi connectivity index (χ4n) is 3.96. The second-order valence-electron chi connectivity index (χ2n) is 10.1. The van der Waals surface area contributed by atoms with Crippen molar-refractivity contribution in [2.24, 2.45) is 7.05 Å². The van der Waals surface area contributed by atoms with Gasteiger partial charge in [0, 0.05) is 40.4 Å². The van der Waals surface area contributed by atoms with Gasteiger partial charge in [0.2, 0.25) is 5.91 Å². The van der Waals surface area contributed by atoms with Crippen LogP contribution in [-0.2, 0) is 23.0 Å². The van der Waals surface area contributed by atoms with E-state index in [0.717, 1.165) is 10.5 Å². The number of carbonyl (C=O) groups excluding carboxylic acids is 2. The molecule has 0 aliphatic heterocycles. The number of anilines is 1. The third-order valence-corrected chi connectivity index (χ3v) is 6.88. The van der Waals surface area contributed by atoms with Crippen LogP contribution >= 0.6 is 11.8 Å². The fraction of sp³-hybridized carbons (Fsp3) is 0.233. The highest BCUT2D eigenvalue weighted by atomic mass is 32.2. The Morgan fingerprint density at radius 3 is 2.36 bits per heavy atom. The predicted octanol–water partition coefficient (Wildman–Crippen LogP) is 5.90. The van der Waals surface area contributed by atoms with Crippen LogP contribution in [-0.4, -0.2) is 28.2 Å². The molecule has 39 heavy (non-hydrogen) atoms. The summed E-state index contributed by atoms with van der Waals surface area (Å²) < 4.78 is 20.8. The summed E-state index contributed by atoms with van der Waals surface area (Å²) in [7, 11) is 1.65. The van der Waals surface area contributed by atoms with E-state index in [1.165, 1.54) is 34.5 Å². The third-order valence-electron chi connectivity index (χ3n) is 5.81. The van der Waals surface area contributed by atoms with Crippen LogP contribution in [0.1, 0.15) is 26.3 Å². The molecule has 3 aromatic carbocycles. The van der Waals surface area contributed by atoms with E-state index in [1.807, 2.05) is 30.3 Å². The maximum Gasteiger partial charge on any atom is 0.408 e. The normalized spacial score (nSPS) is 12.1. The van der Waals surface area contributed by atoms with Crippen LogP contribution in [0.2, 0.25) is 0 Å². The predicted molar refractivity (Wildman–Crippen MR) is 152 cm³/mol. The van der Waals surface area contributed by atoms with E-state index < -0.39 is 23.6 Å². The Bertz CT molecular complexity index is 1550.